The van der Waals surface area contributed by atoms with Gasteiger partial charge >= 0.3 is 0 Å². The Morgan fingerprint density at radius 1 is 1.13 bits per heavy atom. The lowest BCUT2D eigenvalue weighted by Gasteiger charge is -2.14. The summed E-state index contributed by atoms with van der Waals surface area (Å²) >= 11 is 0. The zero-order valence-corrected chi connectivity index (χ0v) is 13.7. The van der Waals surface area contributed by atoms with E-state index >= 15 is 0 Å². The number of hydrogen-bond acceptors (Lipinski definition) is 3. The molecule has 0 aliphatic carbocycles. The first-order chi connectivity index (χ1) is 11.0. The van der Waals surface area contributed by atoms with Gasteiger partial charge in [0.05, 0.1) is 5.69 Å². The fraction of sp³-hybridized carbons (Fsp3) is 0.263. The van der Waals surface area contributed by atoms with Crippen LogP contribution in [-0.2, 0) is 6.54 Å². The second-order valence-electron chi connectivity index (χ2n) is 6.07. The third-order valence-corrected chi connectivity index (χ3v) is 4.02. The van der Waals surface area contributed by atoms with E-state index in [9.17, 15) is 4.79 Å². The fourth-order valence-electron chi connectivity index (χ4n) is 2.61. The van der Waals surface area contributed by atoms with Crippen molar-refractivity contribution in [2.24, 2.45) is 0 Å². The minimum atomic E-state index is 0.0559. The summed E-state index contributed by atoms with van der Waals surface area (Å²) in [6, 6.07) is 11.8. The van der Waals surface area contributed by atoms with Gasteiger partial charge in [-0.05, 0) is 44.5 Å². The molecule has 23 heavy (non-hydrogen) atoms. The first-order valence-corrected chi connectivity index (χ1v) is 7.81. The van der Waals surface area contributed by atoms with E-state index in [1.807, 2.05) is 44.3 Å². The molecule has 3 rings (SSSR count). The molecule has 0 spiro atoms. The number of benzene rings is 1. The molecule has 0 unspecified atom stereocenters. The second-order valence-corrected chi connectivity index (χ2v) is 6.07. The molecule has 1 atom stereocenters. The van der Waals surface area contributed by atoms with Gasteiger partial charge in [-0.2, -0.15) is 0 Å². The molecule has 0 aliphatic rings. The number of nitrogens with one attached hydrogen (secondary N) is 2. The normalized spacial score (nSPS) is 12.5. The van der Waals surface area contributed by atoms with Crippen LogP contribution in [-0.4, -0.2) is 9.97 Å². The third kappa shape index (κ3) is 3.48. The van der Waals surface area contributed by atoms with Crippen LogP contribution in [0.15, 0.2) is 47.4 Å². The number of aromatic amines is 1. The van der Waals surface area contributed by atoms with Crippen molar-refractivity contribution in [1.82, 2.24) is 15.3 Å². The third-order valence-electron chi connectivity index (χ3n) is 4.02. The molecule has 118 valence electrons. The van der Waals surface area contributed by atoms with Crippen molar-refractivity contribution < 1.29 is 0 Å². The van der Waals surface area contributed by atoms with E-state index in [2.05, 4.69) is 28.3 Å². The van der Waals surface area contributed by atoms with Crippen molar-refractivity contribution >= 4 is 10.9 Å². The molecule has 0 aliphatic heterocycles. The first-order valence-electron chi connectivity index (χ1n) is 7.81. The van der Waals surface area contributed by atoms with E-state index in [1.54, 1.807) is 6.07 Å². The average molecular weight is 307 g/mol. The largest absolute Gasteiger partial charge is 0.357 e. The number of aromatic nitrogens is 2. The Hall–Kier alpha value is -2.46. The Labute approximate surface area is 135 Å². The molecule has 0 amide bonds. The number of nitrogens with zero attached hydrogens (tertiary/aromatic N) is 1. The van der Waals surface area contributed by atoms with Crippen LogP contribution in [0.2, 0.25) is 0 Å². The summed E-state index contributed by atoms with van der Waals surface area (Å²) in [6.45, 7) is 6.68. The fourth-order valence-corrected chi connectivity index (χ4v) is 2.61. The molecule has 0 saturated carbocycles. The maximum Gasteiger partial charge on any atom is 0.189 e. The van der Waals surface area contributed by atoms with Crippen molar-refractivity contribution in [3.05, 3.63) is 75.3 Å². The lowest BCUT2D eigenvalue weighted by atomic mass is 10.1. The highest BCUT2D eigenvalue weighted by atomic mass is 16.1. The quantitative estimate of drug-likeness (QED) is 0.777. The lowest BCUT2D eigenvalue weighted by Crippen LogP contribution is -2.20. The van der Waals surface area contributed by atoms with Crippen molar-refractivity contribution in [3.63, 3.8) is 0 Å². The maximum absolute atomic E-state index is 12.2. The Balaban J connectivity index is 1.78. The summed E-state index contributed by atoms with van der Waals surface area (Å²) in [5, 5.41) is 4.14. The van der Waals surface area contributed by atoms with E-state index in [0.29, 0.717) is 6.54 Å². The summed E-state index contributed by atoms with van der Waals surface area (Å²) in [5.74, 6) is 0. The topological polar surface area (TPSA) is 57.8 Å². The number of rotatable bonds is 4. The van der Waals surface area contributed by atoms with Gasteiger partial charge in [0.25, 0.3) is 0 Å². The van der Waals surface area contributed by atoms with Crippen LogP contribution in [0.5, 0.6) is 0 Å². The summed E-state index contributed by atoms with van der Waals surface area (Å²) in [4.78, 5) is 20.0. The van der Waals surface area contributed by atoms with E-state index in [-0.39, 0.29) is 11.5 Å². The molecule has 2 N–H and O–H groups in total. The van der Waals surface area contributed by atoms with Crippen LogP contribution in [0.1, 0.15) is 35.5 Å². The molecule has 4 heteroatoms. The highest BCUT2D eigenvalue weighted by Crippen LogP contribution is 2.13. The van der Waals surface area contributed by atoms with Gasteiger partial charge in [0.1, 0.15) is 0 Å². The highest BCUT2D eigenvalue weighted by Gasteiger charge is 2.07. The Morgan fingerprint density at radius 3 is 2.65 bits per heavy atom. The van der Waals surface area contributed by atoms with Crippen molar-refractivity contribution in [2.45, 2.75) is 33.4 Å². The van der Waals surface area contributed by atoms with Crippen molar-refractivity contribution in [2.75, 3.05) is 0 Å². The monoisotopic (exact) mass is 307 g/mol. The van der Waals surface area contributed by atoms with Crippen LogP contribution in [0, 0.1) is 13.8 Å². The SMILES string of the molecule is Cc1ccc([C@@H](C)NCc2cc(=O)c3cc(C)ccc3[nH]2)nc1. The molecule has 2 heterocycles. The molecule has 0 bridgehead atoms. The molecule has 0 radical (unpaired) electrons. The van der Waals surface area contributed by atoms with Gasteiger partial charge < -0.3 is 10.3 Å². The van der Waals surface area contributed by atoms with Gasteiger partial charge in [-0.1, -0.05) is 17.7 Å². The predicted octanol–water partition coefficient (Wildman–Crippen LogP) is 3.39. The Bertz CT molecular complexity index is 881. The van der Waals surface area contributed by atoms with Gasteiger partial charge in [-0.3, -0.25) is 9.78 Å². The second kappa shape index (κ2) is 6.34. The van der Waals surface area contributed by atoms with Crippen molar-refractivity contribution in [1.29, 1.82) is 0 Å². The molecule has 0 saturated heterocycles. The van der Waals surface area contributed by atoms with E-state index in [4.69, 9.17) is 0 Å². The Kier molecular flexibility index (Phi) is 4.26. The van der Waals surface area contributed by atoms with Gasteiger partial charge in [0, 0.05) is 41.4 Å². The number of fused-ring (bicyclic) bond motifs is 1. The minimum absolute atomic E-state index is 0.0559. The van der Waals surface area contributed by atoms with Crippen molar-refractivity contribution in [3.8, 4) is 0 Å². The van der Waals surface area contributed by atoms with Crippen LogP contribution in [0.25, 0.3) is 10.9 Å². The van der Waals surface area contributed by atoms with Gasteiger partial charge in [-0.25, -0.2) is 0 Å². The number of H-pyrrole nitrogens is 1. The molecule has 0 fully saturated rings. The van der Waals surface area contributed by atoms with E-state index in [1.165, 1.54) is 0 Å². The van der Waals surface area contributed by atoms with Crippen LogP contribution < -0.4 is 10.7 Å². The molecular formula is C19H21N3O. The summed E-state index contributed by atoms with van der Waals surface area (Å²) in [6.07, 6.45) is 1.87. The molecule has 3 aromatic rings. The van der Waals surface area contributed by atoms with Crippen LogP contribution in [0.4, 0.5) is 0 Å². The molecule has 4 nitrogen and oxygen atoms in total. The molecule has 1 aromatic carbocycles. The Morgan fingerprint density at radius 2 is 1.91 bits per heavy atom. The summed E-state index contributed by atoms with van der Waals surface area (Å²) in [5.41, 5.74) is 5.05. The van der Waals surface area contributed by atoms with E-state index in [0.717, 1.165) is 33.4 Å². The van der Waals surface area contributed by atoms with Crippen LogP contribution >= 0.6 is 0 Å². The maximum atomic E-state index is 12.2. The zero-order chi connectivity index (χ0) is 16.4. The minimum Gasteiger partial charge on any atom is -0.357 e. The smallest absolute Gasteiger partial charge is 0.189 e. The number of aryl methyl sites for hydroxylation is 2. The molecule has 2 aromatic heterocycles. The summed E-state index contributed by atoms with van der Waals surface area (Å²) < 4.78 is 0. The van der Waals surface area contributed by atoms with Gasteiger partial charge in [0.15, 0.2) is 5.43 Å². The average Bonchev–Trinajstić information content (AvgIpc) is 2.54. The first kappa shape index (κ1) is 15.4. The van der Waals surface area contributed by atoms with Gasteiger partial charge in [0.2, 0.25) is 0 Å². The summed E-state index contributed by atoms with van der Waals surface area (Å²) in [7, 11) is 0. The zero-order valence-electron chi connectivity index (χ0n) is 13.7. The van der Waals surface area contributed by atoms with Crippen LogP contribution in [0.3, 0.4) is 0 Å². The standard InChI is InChI=1S/C19H21N3O/c1-12-4-7-18-16(8-12)19(23)9-15(22-18)11-20-14(3)17-6-5-13(2)10-21-17/h4-10,14,20H,11H2,1-3H3,(H,22,23)/t14-/m1/s1. The number of hydrogen-bond donors (Lipinski definition) is 2. The lowest BCUT2D eigenvalue weighted by molar-refractivity contribution is 0.555. The van der Waals surface area contributed by atoms with Gasteiger partial charge in [-0.15, -0.1) is 0 Å². The number of pyridine rings is 2. The van der Waals surface area contributed by atoms with E-state index < -0.39 is 0 Å². The molecular weight excluding hydrogens is 286 g/mol. The highest BCUT2D eigenvalue weighted by molar-refractivity contribution is 5.79. The predicted molar refractivity (Wildman–Crippen MR) is 93.5 cm³/mol.